The van der Waals surface area contributed by atoms with Crippen LogP contribution in [0.2, 0.25) is 0 Å². The van der Waals surface area contributed by atoms with Crippen LogP contribution < -0.4 is 11.5 Å². The van der Waals surface area contributed by atoms with Crippen LogP contribution in [0.15, 0.2) is 0 Å². The fraction of sp³-hybridized carbons (Fsp3) is 1.00. The summed E-state index contributed by atoms with van der Waals surface area (Å²) in [4.78, 5) is 0. The highest BCUT2D eigenvalue weighted by Crippen LogP contribution is 2.21. The highest BCUT2D eigenvalue weighted by Gasteiger charge is 2.33. The van der Waals surface area contributed by atoms with Crippen molar-refractivity contribution < 1.29 is 8.78 Å². The molecular weight excluding hydrogens is 209 g/mol. The highest BCUT2D eigenvalue weighted by atomic mass is 35.5. The van der Waals surface area contributed by atoms with Crippen LogP contribution in [0.5, 0.6) is 0 Å². The molecule has 0 aromatic rings. The Hall–Kier alpha value is 0.360. The van der Waals surface area contributed by atoms with Crippen molar-refractivity contribution >= 4 is 24.8 Å². The molecule has 6 heteroatoms. The Kier molecular flexibility index (Phi) is 7.32. The molecule has 4 atom stereocenters. The lowest BCUT2D eigenvalue weighted by Gasteiger charge is -1.66. The molecule has 0 amide bonds. The quantitative estimate of drug-likeness (QED) is 0.642. The first-order valence-corrected chi connectivity index (χ1v) is 3.40. The van der Waals surface area contributed by atoms with E-state index < -0.39 is 12.3 Å². The van der Waals surface area contributed by atoms with Crippen LogP contribution in [0.1, 0.15) is 12.8 Å². The highest BCUT2D eigenvalue weighted by molar-refractivity contribution is 5.85. The lowest BCUT2D eigenvalue weighted by Crippen LogP contribution is -2.00. The van der Waals surface area contributed by atoms with Gasteiger partial charge in [0, 0.05) is 12.1 Å². The first kappa shape index (κ1) is 14.9. The molecule has 2 saturated carbocycles. The zero-order valence-electron chi connectivity index (χ0n) is 6.45. The Morgan fingerprint density at radius 3 is 0.917 bits per heavy atom. The van der Waals surface area contributed by atoms with Crippen LogP contribution in [0, 0.1) is 0 Å². The molecule has 76 valence electrons. The summed E-state index contributed by atoms with van der Waals surface area (Å²) >= 11 is 0. The van der Waals surface area contributed by atoms with Crippen molar-refractivity contribution in [3.8, 4) is 0 Å². The van der Waals surface area contributed by atoms with Crippen LogP contribution in [-0.2, 0) is 0 Å². The van der Waals surface area contributed by atoms with Crippen LogP contribution in [-0.4, -0.2) is 24.4 Å². The summed E-state index contributed by atoms with van der Waals surface area (Å²) in [6.45, 7) is 0. The molecule has 0 unspecified atom stereocenters. The van der Waals surface area contributed by atoms with Crippen molar-refractivity contribution in [1.29, 1.82) is 0 Å². The molecule has 0 spiro atoms. The standard InChI is InChI=1S/2C3H6FN.2ClH/c2*4-2-1-3(2)5;;/h2*2-3H,1,5H2;2*1H/t2*2-,3-;;/m10../s1. The summed E-state index contributed by atoms with van der Waals surface area (Å²) in [5, 5.41) is 0. The number of alkyl halides is 2. The van der Waals surface area contributed by atoms with Gasteiger partial charge in [-0.15, -0.1) is 24.8 Å². The minimum Gasteiger partial charge on any atom is -0.325 e. The van der Waals surface area contributed by atoms with Crippen molar-refractivity contribution in [3.63, 3.8) is 0 Å². The first-order valence-electron chi connectivity index (χ1n) is 3.40. The third-order valence-corrected chi connectivity index (χ3v) is 1.52. The molecule has 2 nitrogen and oxygen atoms in total. The van der Waals surface area contributed by atoms with Gasteiger partial charge in [-0.2, -0.15) is 0 Å². The second-order valence-electron chi connectivity index (χ2n) is 2.83. The average Bonchev–Trinajstić information content (AvgIpc) is 2.62. The molecule has 2 aliphatic carbocycles. The van der Waals surface area contributed by atoms with E-state index in [2.05, 4.69) is 0 Å². The van der Waals surface area contributed by atoms with Gasteiger partial charge in [0.1, 0.15) is 12.3 Å². The Morgan fingerprint density at radius 1 is 0.833 bits per heavy atom. The molecule has 0 aliphatic heterocycles. The number of halogens is 4. The van der Waals surface area contributed by atoms with Crippen LogP contribution in [0.4, 0.5) is 8.78 Å². The first-order chi connectivity index (χ1) is 4.61. The topological polar surface area (TPSA) is 52.0 Å². The average molecular weight is 223 g/mol. The molecule has 2 rings (SSSR count). The number of hydrogen-bond acceptors (Lipinski definition) is 2. The van der Waals surface area contributed by atoms with Crippen LogP contribution in [0.25, 0.3) is 0 Å². The maximum absolute atomic E-state index is 11.4. The molecule has 2 fully saturated rings. The molecule has 4 N–H and O–H groups in total. The predicted molar refractivity (Wildman–Crippen MR) is 49.5 cm³/mol. The van der Waals surface area contributed by atoms with E-state index >= 15 is 0 Å². The fourth-order valence-corrected chi connectivity index (χ4v) is 0.363. The second kappa shape index (κ2) is 5.91. The largest absolute Gasteiger partial charge is 0.325 e. The zero-order valence-corrected chi connectivity index (χ0v) is 8.08. The second-order valence-corrected chi connectivity index (χ2v) is 2.83. The Morgan fingerprint density at radius 2 is 0.917 bits per heavy atom. The molecular formula is C6H14Cl2F2N2. The van der Waals surface area contributed by atoms with Crippen molar-refractivity contribution in [1.82, 2.24) is 0 Å². The molecule has 0 radical (unpaired) electrons. The third-order valence-electron chi connectivity index (χ3n) is 1.52. The lowest BCUT2D eigenvalue weighted by molar-refractivity contribution is 0.467. The number of hydrogen-bond donors (Lipinski definition) is 2. The minimum atomic E-state index is -0.671. The van der Waals surface area contributed by atoms with Gasteiger partial charge in [0.05, 0.1) is 0 Å². The molecule has 0 bridgehead atoms. The molecule has 0 saturated heterocycles. The van der Waals surface area contributed by atoms with Gasteiger partial charge in [-0.25, -0.2) is 8.78 Å². The number of rotatable bonds is 0. The summed E-state index contributed by atoms with van der Waals surface area (Å²) in [6, 6.07) is -0.231. The maximum Gasteiger partial charge on any atom is 0.117 e. The molecule has 0 aromatic carbocycles. The van der Waals surface area contributed by atoms with E-state index in [0.29, 0.717) is 12.8 Å². The Labute approximate surface area is 82.9 Å². The van der Waals surface area contributed by atoms with Crippen molar-refractivity contribution in [2.45, 2.75) is 37.3 Å². The van der Waals surface area contributed by atoms with Gasteiger partial charge >= 0.3 is 0 Å². The minimum absolute atomic E-state index is 0. The van der Waals surface area contributed by atoms with Gasteiger partial charge in [-0.05, 0) is 12.8 Å². The Balaban J connectivity index is 0. The summed E-state index contributed by atoms with van der Waals surface area (Å²) in [7, 11) is 0. The maximum atomic E-state index is 11.4. The van der Waals surface area contributed by atoms with Gasteiger partial charge in [0.25, 0.3) is 0 Å². The SMILES string of the molecule is Cl.Cl.N[C@@H]1C[C@H]1F.N[C@H]1C[C@@H]1F. The van der Waals surface area contributed by atoms with E-state index in [9.17, 15) is 8.78 Å². The van der Waals surface area contributed by atoms with Crippen molar-refractivity contribution in [2.24, 2.45) is 11.5 Å². The zero-order chi connectivity index (χ0) is 7.72. The van der Waals surface area contributed by atoms with Gasteiger partial charge in [0.15, 0.2) is 0 Å². The third kappa shape index (κ3) is 5.94. The summed E-state index contributed by atoms with van der Waals surface area (Å²) in [5.41, 5.74) is 9.98. The normalized spacial score (nSPS) is 41.0. The molecule has 2 aliphatic rings. The van der Waals surface area contributed by atoms with Gasteiger partial charge in [0.2, 0.25) is 0 Å². The van der Waals surface area contributed by atoms with E-state index in [0.717, 1.165) is 0 Å². The number of nitrogens with two attached hydrogens (primary N) is 2. The predicted octanol–water partition coefficient (Wildman–Crippen LogP) is 0.955. The van der Waals surface area contributed by atoms with E-state index in [1.54, 1.807) is 0 Å². The van der Waals surface area contributed by atoms with Gasteiger partial charge in [-0.1, -0.05) is 0 Å². The van der Waals surface area contributed by atoms with Crippen LogP contribution >= 0.6 is 24.8 Å². The van der Waals surface area contributed by atoms with E-state index in [1.165, 1.54) is 0 Å². The van der Waals surface area contributed by atoms with E-state index in [-0.39, 0.29) is 36.9 Å². The Bertz CT molecular complexity index is 102. The van der Waals surface area contributed by atoms with E-state index in [4.69, 9.17) is 11.5 Å². The molecule has 0 heterocycles. The molecule has 0 aromatic heterocycles. The summed E-state index contributed by atoms with van der Waals surface area (Å²) < 4.78 is 22.8. The smallest absolute Gasteiger partial charge is 0.117 e. The van der Waals surface area contributed by atoms with Crippen LogP contribution in [0.3, 0.4) is 0 Å². The van der Waals surface area contributed by atoms with Crippen molar-refractivity contribution in [2.75, 3.05) is 0 Å². The van der Waals surface area contributed by atoms with Crippen molar-refractivity contribution in [3.05, 3.63) is 0 Å². The fourth-order valence-electron chi connectivity index (χ4n) is 0.363. The summed E-state index contributed by atoms with van der Waals surface area (Å²) in [6.07, 6.45) is -0.176. The lowest BCUT2D eigenvalue weighted by atomic mass is 10.8. The van der Waals surface area contributed by atoms with Gasteiger partial charge in [-0.3, -0.25) is 0 Å². The monoisotopic (exact) mass is 222 g/mol. The molecule has 12 heavy (non-hydrogen) atoms. The van der Waals surface area contributed by atoms with Gasteiger partial charge < -0.3 is 11.5 Å². The van der Waals surface area contributed by atoms with E-state index in [1.807, 2.05) is 0 Å². The summed E-state index contributed by atoms with van der Waals surface area (Å²) in [5.74, 6) is 0.